The molecule has 0 aliphatic heterocycles. The van der Waals surface area contributed by atoms with Gasteiger partial charge in [-0.05, 0) is 83.5 Å². The van der Waals surface area contributed by atoms with Crippen LogP contribution in [0.15, 0.2) is 48.6 Å². The van der Waals surface area contributed by atoms with Gasteiger partial charge in [-0.3, -0.25) is 9.59 Å². The van der Waals surface area contributed by atoms with Crippen molar-refractivity contribution in [1.29, 1.82) is 0 Å². The number of rotatable bonds is 48. The zero-order valence-electron chi connectivity index (χ0n) is 40.4. The Morgan fingerprint density at radius 2 is 0.836 bits per heavy atom. The molecular weight excluding hydrogens is 755 g/mol. The zero-order valence-corrected chi connectivity index (χ0v) is 40.4. The SMILES string of the molecule is CCCC/C=C\C/C=C\CCCCCCCC(=O)OCCCCCCCC/C=C\CCCCCC(=O)NC(CO)C(O)/C=C/CCCCCCCCCCCCCCCCC. The lowest BCUT2D eigenvalue weighted by Gasteiger charge is -2.19. The van der Waals surface area contributed by atoms with Crippen LogP contribution in [0.3, 0.4) is 0 Å². The Morgan fingerprint density at radius 3 is 1.33 bits per heavy atom. The molecule has 0 aliphatic rings. The van der Waals surface area contributed by atoms with Crippen LogP contribution in [0.4, 0.5) is 0 Å². The minimum absolute atomic E-state index is 0.0293. The minimum Gasteiger partial charge on any atom is -0.466 e. The maximum absolute atomic E-state index is 12.4. The summed E-state index contributed by atoms with van der Waals surface area (Å²) in [6.45, 7) is 4.81. The molecule has 0 aliphatic carbocycles. The number of allylic oxidation sites excluding steroid dienone is 7. The van der Waals surface area contributed by atoms with E-state index in [4.69, 9.17) is 4.74 Å². The predicted molar refractivity (Wildman–Crippen MR) is 264 cm³/mol. The van der Waals surface area contributed by atoms with Gasteiger partial charge in [0.05, 0.1) is 25.4 Å². The van der Waals surface area contributed by atoms with Crippen LogP contribution in [-0.2, 0) is 14.3 Å². The minimum atomic E-state index is -0.863. The molecule has 1 amide bonds. The molecule has 3 N–H and O–H groups in total. The lowest BCUT2D eigenvalue weighted by atomic mass is 10.0. The number of nitrogens with one attached hydrogen (secondary N) is 1. The number of hydrogen-bond acceptors (Lipinski definition) is 5. The van der Waals surface area contributed by atoms with Gasteiger partial charge >= 0.3 is 5.97 Å². The molecule has 6 heteroatoms. The summed E-state index contributed by atoms with van der Waals surface area (Å²) in [4.78, 5) is 24.4. The number of aliphatic hydroxyl groups is 2. The van der Waals surface area contributed by atoms with Gasteiger partial charge in [-0.25, -0.2) is 0 Å². The normalized spacial score (nSPS) is 13.0. The fourth-order valence-corrected chi connectivity index (χ4v) is 7.70. The van der Waals surface area contributed by atoms with E-state index in [1.807, 2.05) is 6.08 Å². The molecule has 2 atom stereocenters. The second-order valence-electron chi connectivity index (χ2n) is 17.8. The van der Waals surface area contributed by atoms with Crippen LogP contribution in [0.2, 0.25) is 0 Å². The number of unbranched alkanes of at least 4 members (excludes halogenated alkanes) is 31. The van der Waals surface area contributed by atoms with Gasteiger partial charge in [0.25, 0.3) is 0 Å². The molecule has 0 aromatic carbocycles. The van der Waals surface area contributed by atoms with E-state index in [-0.39, 0.29) is 18.5 Å². The Morgan fingerprint density at radius 1 is 0.459 bits per heavy atom. The van der Waals surface area contributed by atoms with Gasteiger partial charge in [0, 0.05) is 12.8 Å². The van der Waals surface area contributed by atoms with Crippen molar-refractivity contribution in [3.05, 3.63) is 48.6 Å². The van der Waals surface area contributed by atoms with Crippen molar-refractivity contribution in [2.45, 2.75) is 276 Å². The van der Waals surface area contributed by atoms with Gasteiger partial charge in [0.1, 0.15) is 0 Å². The number of hydrogen-bond donors (Lipinski definition) is 3. The first-order valence-electron chi connectivity index (χ1n) is 26.4. The Bertz CT molecular complexity index is 1040. The molecule has 0 aromatic heterocycles. The number of esters is 1. The highest BCUT2D eigenvalue weighted by Gasteiger charge is 2.18. The fourth-order valence-electron chi connectivity index (χ4n) is 7.70. The van der Waals surface area contributed by atoms with Gasteiger partial charge < -0.3 is 20.3 Å². The standard InChI is InChI=1S/C55H101NO5/c1-3-5-7-9-11-13-15-17-19-20-21-23-27-31-35-39-43-47-53(58)52(51-57)56-54(59)48-44-40-36-32-28-24-22-26-30-34-38-42-46-50-61-55(60)49-45-41-37-33-29-25-18-16-14-12-10-8-6-4-2/h10,12,16,18,24,28,43,47,52-53,57-58H,3-9,11,13-15,17,19-23,25-27,29-42,44-46,48-51H2,1-2H3,(H,56,59)/b12-10-,18-16-,28-24-,47-43+. The maximum Gasteiger partial charge on any atom is 0.305 e. The third-order valence-electron chi connectivity index (χ3n) is 11.8. The smallest absolute Gasteiger partial charge is 0.305 e. The summed E-state index contributed by atoms with van der Waals surface area (Å²) < 4.78 is 5.44. The molecule has 0 saturated carbocycles. The van der Waals surface area contributed by atoms with Crippen LogP contribution in [0, 0.1) is 0 Å². The third-order valence-corrected chi connectivity index (χ3v) is 11.8. The zero-order chi connectivity index (χ0) is 44.4. The molecule has 0 radical (unpaired) electrons. The fraction of sp³-hybridized carbons (Fsp3) is 0.818. The number of amides is 1. The van der Waals surface area contributed by atoms with Gasteiger partial charge in [-0.1, -0.05) is 217 Å². The quantitative estimate of drug-likeness (QED) is 0.0322. The van der Waals surface area contributed by atoms with Crippen molar-refractivity contribution in [3.8, 4) is 0 Å². The molecule has 0 rings (SSSR count). The third kappa shape index (κ3) is 47.1. The number of aliphatic hydroxyl groups excluding tert-OH is 2. The van der Waals surface area contributed by atoms with Crippen LogP contribution in [0.5, 0.6) is 0 Å². The highest BCUT2D eigenvalue weighted by Crippen LogP contribution is 2.15. The molecular formula is C55H101NO5. The maximum atomic E-state index is 12.4. The highest BCUT2D eigenvalue weighted by atomic mass is 16.5. The summed E-state index contributed by atoms with van der Waals surface area (Å²) in [6.07, 6.45) is 62.5. The number of ether oxygens (including phenoxy) is 1. The molecule has 0 bridgehead atoms. The highest BCUT2D eigenvalue weighted by molar-refractivity contribution is 5.76. The second-order valence-corrected chi connectivity index (χ2v) is 17.8. The first kappa shape index (κ1) is 58.8. The van der Waals surface area contributed by atoms with Crippen LogP contribution in [0.25, 0.3) is 0 Å². The van der Waals surface area contributed by atoms with Crippen molar-refractivity contribution >= 4 is 11.9 Å². The van der Waals surface area contributed by atoms with E-state index in [0.717, 1.165) is 83.5 Å². The van der Waals surface area contributed by atoms with Crippen molar-refractivity contribution in [2.75, 3.05) is 13.2 Å². The topological polar surface area (TPSA) is 95.9 Å². The monoisotopic (exact) mass is 856 g/mol. The van der Waals surface area contributed by atoms with E-state index in [0.29, 0.717) is 19.4 Å². The van der Waals surface area contributed by atoms with E-state index in [9.17, 15) is 19.8 Å². The van der Waals surface area contributed by atoms with Crippen molar-refractivity contribution in [2.24, 2.45) is 0 Å². The summed E-state index contributed by atoms with van der Waals surface area (Å²) >= 11 is 0. The van der Waals surface area contributed by atoms with Crippen molar-refractivity contribution in [1.82, 2.24) is 5.32 Å². The molecule has 6 nitrogen and oxygen atoms in total. The summed E-state index contributed by atoms with van der Waals surface area (Å²) in [5.74, 6) is -0.128. The van der Waals surface area contributed by atoms with Gasteiger partial charge in [0.2, 0.25) is 5.91 Å². The molecule has 0 fully saturated rings. The summed E-state index contributed by atoms with van der Waals surface area (Å²) in [5, 5.41) is 23.1. The largest absolute Gasteiger partial charge is 0.466 e. The summed E-state index contributed by atoms with van der Waals surface area (Å²) in [7, 11) is 0. The lowest BCUT2D eigenvalue weighted by molar-refractivity contribution is -0.143. The Balaban J connectivity index is 3.56. The Hall–Kier alpha value is -2.18. The lowest BCUT2D eigenvalue weighted by Crippen LogP contribution is -2.45. The van der Waals surface area contributed by atoms with E-state index in [2.05, 4.69) is 55.6 Å². The van der Waals surface area contributed by atoms with Gasteiger partial charge in [0.15, 0.2) is 0 Å². The summed E-state index contributed by atoms with van der Waals surface area (Å²) in [6, 6.07) is -0.650. The first-order chi connectivity index (χ1) is 30.0. The van der Waals surface area contributed by atoms with Crippen LogP contribution < -0.4 is 5.32 Å². The first-order valence-corrected chi connectivity index (χ1v) is 26.4. The predicted octanol–water partition coefficient (Wildman–Crippen LogP) is 15.8. The second kappa shape index (κ2) is 50.5. The summed E-state index contributed by atoms with van der Waals surface area (Å²) in [5.41, 5.74) is 0. The van der Waals surface area contributed by atoms with Crippen LogP contribution >= 0.6 is 0 Å². The van der Waals surface area contributed by atoms with Crippen molar-refractivity contribution < 1.29 is 24.5 Å². The number of carbonyl (C=O) groups excluding carboxylic acids is 2. The van der Waals surface area contributed by atoms with E-state index >= 15 is 0 Å². The molecule has 61 heavy (non-hydrogen) atoms. The van der Waals surface area contributed by atoms with E-state index < -0.39 is 12.1 Å². The molecule has 0 heterocycles. The Labute approximate surface area is 378 Å². The molecule has 0 spiro atoms. The molecule has 0 saturated heterocycles. The molecule has 2 unspecified atom stereocenters. The Kier molecular flexibility index (Phi) is 48.7. The van der Waals surface area contributed by atoms with Gasteiger partial charge in [-0.15, -0.1) is 0 Å². The van der Waals surface area contributed by atoms with E-state index in [1.54, 1.807) is 6.08 Å². The van der Waals surface area contributed by atoms with Crippen LogP contribution in [0.1, 0.15) is 264 Å². The van der Waals surface area contributed by atoms with Crippen LogP contribution in [-0.4, -0.2) is 47.4 Å². The molecule has 0 aromatic rings. The average Bonchev–Trinajstić information content (AvgIpc) is 3.26. The molecule has 356 valence electrons. The van der Waals surface area contributed by atoms with Gasteiger partial charge in [-0.2, -0.15) is 0 Å². The average molecular weight is 856 g/mol. The van der Waals surface area contributed by atoms with Crippen molar-refractivity contribution in [3.63, 3.8) is 0 Å². The van der Waals surface area contributed by atoms with E-state index in [1.165, 1.54) is 154 Å². The number of carbonyl (C=O) groups is 2.